The van der Waals surface area contributed by atoms with Gasteiger partial charge in [-0.1, -0.05) is 43.3 Å². The van der Waals surface area contributed by atoms with Crippen LogP contribution in [-0.2, 0) is 22.6 Å². The Bertz CT molecular complexity index is 1070. The molecule has 1 fully saturated rings. The first kappa shape index (κ1) is 21.9. The molecule has 6 heteroatoms. The normalized spacial score (nSPS) is 14.5. The summed E-state index contributed by atoms with van der Waals surface area (Å²) in [4.78, 5) is 29.2. The first-order valence-electron chi connectivity index (χ1n) is 11.3. The summed E-state index contributed by atoms with van der Waals surface area (Å²) in [6.07, 6.45) is 2.14. The van der Waals surface area contributed by atoms with Crippen molar-refractivity contribution >= 4 is 22.8 Å². The molecule has 1 aliphatic heterocycles. The molecule has 4 rings (SSSR count). The molecule has 1 saturated heterocycles. The number of rotatable bonds is 7. The molecule has 168 valence electrons. The van der Waals surface area contributed by atoms with Crippen molar-refractivity contribution in [2.75, 3.05) is 26.7 Å². The summed E-state index contributed by atoms with van der Waals surface area (Å²) in [6.45, 7) is 3.78. The molecule has 0 atom stereocenters. The summed E-state index contributed by atoms with van der Waals surface area (Å²) < 4.78 is 11.5. The number of hydrogen-bond donors (Lipinski definition) is 0. The number of likely N-dealkylation sites (tertiary alicyclic amines) is 1. The Labute approximate surface area is 188 Å². The lowest BCUT2D eigenvalue weighted by atomic mass is 9.95. The van der Waals surface area contributed by atoms with Gasteiger partial charge in [-0.3, -0.25) is 9.59 Å². The Balaban J connectivity index is 1.31. The molecular weight excluding hydrogens is 404 g/mol. The lowest BCUT2D eigenvalue weighted by Crippen LogP contribution is -2.44. The van der Waals surface area contributed by atoms with E-state index in [0.29, 0.717) is 38.2 Å². The number of piperidine rings is 1. The smallest absolute Gasteiger partial charge is 0.260 e. The molecule has 0 saturated carbocycles. The Morgan fingerprint density at radius 2 is 1.75 bits per heavy atom. The van der Waals surface area contributed by atoms with Crippen LogP contribution >= 0.6 is 0 Å². The second-order valence-corrected chi connectivity index (χ2v) is 8.30. The van der Waals surface area contributed by atoms with Gasteiger partial charge in [-0.15, -0.1) is 0 Å². The number of carbonyl (C=O) groups excluding carboxylic acids is 2. The van der Waals surface area contributed by atoms with Crippen molar-refractivity contribution in [2.45, 2.75) is 32.7 Å². The van der Waals surface area contributed by atoms with Crippen LogP contribution in [0.3, 0.4) is 0 Å². The summed E-state index contributed by atoms with van der Waals surface area (Å²) in [5.74, 6) is 1.65. The number of nitrogens with zero attached hydrogens (tertiary/aromatic N) is 2. The molecule has 0 radical (unpaired) electrons. The van der Waals surface area contributed by atoms with Crippen LogP contribution in [0.2, 0.25) is 0 Å². The summed E-state index contributed by atoms with van der Waals surface area (Å²) in [7, 11) is 1.86. The van der Waals surface area contributed by atoms with Gasteiger partial charge in [0.05, 0.1) is 0 Å². The Kier molecular flexibility index (Phi) is 6.78. The maximum atomic E-state index is 13.1. The van der Waals surface area contributed by atoms with Gasteiger partial charge < -0.3 is 19.0 Å². The Hall–Kier alpha value is -3.28. The predicted molar refractivity (Wildman–Crippen MR) is 123 cm³/mol. The first-order chi connectivity index (χ1) is 15.6. The maximum absolute atomic E-state index is 13.1. The number of hydrogen-bond acceptors (Lipinski definition) is 4. The van der Waals surface area contributed by atoms with Gasteiger partial charge in [0.15, 0.2) is 6.61 Å². The Morgan fingerprint density at radius 1 is 1.06 bits per heavy atom. The van der Waals surface area contributed by atoms with E-state index in [-0.39, 0.29) is 24.3 Å². The van der Waals surface area contributed by atoms with Crippen LogP contribution in [0.25, 0.3) is 11.0 Å². The highest BCUT2D eigenvalue weighted by Crippen LogP contribution is 2.28. The zero-order chi connectivity index (χ0) is 22.5. The zero-order valence-corrected chi connectivity index (χ0v) is 18.8. The van der Waals surface area contributed by atoms with Crippen molar-refractivity contribution in [3.05, 3.63) is 65.9 Å². The molecule has 0 N–H and O–H groups in total. The monoisotopic (exact) mass is 434 g/mol. The van der Waals surface area contributed by atoms with Crippen LogP contribution in [0.5, 0.6) is 5.75 Å². The molecule has 6 nitrogen and oxygen atoms in total. The van der Waals surface area contributed by atoms with Crippen LogP contribution in [0.1, 0.15) is 31.1 Å². The number of ether oxygens (including phenoxy) is 1. The minimum absolute atomic E-state index is 0.0237. The molecule has 3 aromatic rings. The van der Waals surface area contributed by atoms with Crippen LogP contribution in [0, 0.1) is 5.92 Å². The molecule has 0 bridgehead atoms. The predicted octanol–water partition coefficient (Wildman–Crippen LogP) is 4.27. The second-order valence-electron chi connectivity index (χ2n) is 8.30. The van der Waals surface area contributed by atoms with Gasteiger partial charge in [-0.2, -0.15) is 0 Å². The molecule has 32 heavy (non-hydrogen) atoms. The van der Waals surface area contributed by atoms with Gasteiger partial charge >= 0.3 is 0 Å². The van der Waals surface area contributed by atoms with Crippen molar-refractivity contribution in [3.63, 3.8) is 0 Å². The third kappa shape index (κ3) is 4.79. The molecule has 2 aromatic carbocycles. The van der Waals surface area contributed by atoms with Gasteiger partial charge in [-0.25, -0.2) is 0 Å². The highest BCUT2D eigenvalue weighted by atomic mass is 16.5. The number of benzene rings is 2. The minimum atomic E-state index is -0.0673. The fraction of sp³-hybridized carbons (Fsp3) is 0.385. The van der Waals surface area contributed by atoms with Crippen molar-refractivity contribution in [3.8, 4) is 5.75 Å². The van der Waals surface area contributed by atoms with E-state index in [1.54, 1.807) is 9.80 Å². The van der Waals surface area contributed by atoms with E-state index in [1.165, 1.54) is 0 Å². The van der Waals surface area contributed by atoms with Gasteiger partial charge in [0.2, 0.25) is 5.91 Å². The fourth-order valence-corrected chi connectivity index (χ4v) is 4.36. The largest absolute Gasteiger partial charge is 0.484 e. The van der Waals surface area contributed by atoms with Gasteiger partial charge in [0.25, 0.3) is 5.91 Å². The van der Waals surface area contributed by atoms with E-state index in [1.807, 2.05) is 61.6 Å². The first-order valence-corrected chi connectivity index (χ1v) is 11.3. The third-order valence-electron chi connectivity index (χ3n) is 6.18. The molecule has 2 amide bonds. The zero-order valence-electron chi connectivity index (χ0n) is 18.8. The highest BCUT2D eigenvalue weighted by Gasteiger charge is 2.30. The van der Waals surface area contributed by atoms with Crippen LogP contribution < -0.4 is 4.74 Å². The van der Waals surface area contributed by atoms with E-state index in [0.717, 1.165) is 28.7 Å². The summed E-state index contributed by atoms with van der Waals surface area (Å²) in [5.41, 5.74) is 1.95. The van der Waals surface area contributed by atoms with Crippen LogP contribution in [0.15, 0.2) is 59.0 Å². The van der Waals surface area contributed by atoms with E-state index in [9.17, 15) is 9.59 Å². The topological polar surface area (TPSA) is 63.0 Å². The van der Waals surface area contributed by atoms with Crippen LogP contribution in [0.4, 0.5) is 0 Å². The maximum Gasteiger partial charge on any atom is 0.260 e. The lowest BCUT2D eigenvalue weighted by Gasteiger charge is -2.33. The summed E-state index contributed by atoms with van der Waals surface area (Å²) >= 11 is 0. The lowest BCUT2D eigenvalue weighted by molar-refractivity contribution is -0.141. The standard InChI is InChI=1S/C26H30N2O4/c1-3-23-22(21-11-7-8-12-24(21)32-23)17-27(2)26(30)19-13-15-28(16-14-19)25(29)18-31-20-9-5-4-6-10-20/h4-12,19H,3,13-18H2,1-2H3. The SMILES string of the molecule is CCc1oc2ccccc2c1CN(C)C(=O)C1CCN(C(=O)COc2ccccc2)CC1. The average molecular weight is 435 g/mol. The molecular formula is C26H30N2O4. The highest BCUT2D eigenvalue weighted by molar-refractivity contribution is 5.84. The quantitative estimate of drug-likeness (QED) is 0.557. The Morgan fingerprint density at radius 3 is 2.47 bits per heavy atom. The average Bonchev–Trinajstić information content (AvgIpc) is 3.20. The number of para-hydroxylation sites is 2. The molecule has 0 unspecified atom stereocenters. The number of carbonyl (C=O) groups is 2. The van der Waals surface area contributed by atoms with E-state index >= 15 is 0 Å². The van der Waals surface area contributed by atoms with Crippen molar-refractivity contribution in [1.82, 2.24) is 9.80 Å². The van der Waals surface area contributed by atoms with Crippen molar-refractivity contribution < 1.29 is 18.7 Å². The van der Waals surface area contributed by atoms with Gasteiger partial charge in [-0.05, 0) is 31.0 Å². The molecule has 2 heterocycles. The van der Waals surface area contributed by atoms with Crippen molar-refractivity contribution in [2.24, 2.45) is 5.92 Å². The minimum Gasteiger partial charge on any atom is -0.484 e. The van der Waals surface area contributed by atoms with Gasteiger partial charge in [0.1, 0.15) is 17.1 Å². The second kappa shape index (κ2) is 9.90. The number of furan rings is 1. The summed E-state index contributed by atoms with van der Waals surface area (Å²) in [6, 6.07) is 17.3. The fourth-order valence-electron chi connectivity index (χ4n) is 4.36. The number of fused-ring (bicyclic) bond motifs is 1. The molecule has 0 spiro atoms. The molecule has 0 aliphatic carbocycles. The molecule has 1 aliphatic rings. The van der Waals surface area contributed by atoms with E-state index < -0.39 is 0 Å². The number of amides is 2. The van der Waals surface area contributed by atoms with E-state index in [4.69, 9.17) is 9.15 Å². The number of aryl methyl sites for hydroxylation is 1. The molecule has 1 aromatic heterocycles. The van der Waals surface area contributed by atoms with Crippen LogP contribution in [-0.4, -0.2) is 48.4 Å². The van der Waals surface area contributed by atoms with E-state index in [2.05, 4.69) is 6.92 Å². The summed E-state index contributed by atoms with van der Waals surface area (Å²) in [5, 5.41) is 1.07. The van der Waals surface area contributed by atoms with Gasteiger partial charge in [0, 0.05) is 50.0 Å². The third-order valence-corrected chi connectivity index (χ3v) is 6.18. The van der Waals surface area contributed by atoms with Crippen molar-refractivity contribution in [1.29, 1.82) is 0 Å².